The second-order valence-electron chi connectivity index (χ2n) is 5.85. The van der Waals surface area contributed by atoms with Crippen LogP contribution in [0.15, 0.2) is 24.3 Å². The Hall–Kier alpha value is -2.28. The van der Waals surface area contributed by atoms with Crippen LogP contribution < -0.4 is 11.1 Å². The Labute approximate surface area is 133 Å². The predicted octanol–water partition coefficient (Wildman–Crippen LogP) is 1.71. The standard InChI is InChI=1S/C16H20FN3O3/c1-9(2)20-15(22)11(14(21)19-16(20)23)7-8-13(18)10-5-3-4-6-12(10)17/h3-6,9,11,13H,7-8,18H2,1-2H3,(H,19,21,23). The van der Waals surface area contributed by atoms with E-state index >= 15 is 0 Å². The molecule has 23 heavy (non-hydrogen) atoms. The maximum absolute atomic E-state index is 13.7. The maximum Gasteiger partial charge on any atom is 0.331 e. The zero-order valence-electron chi connectivity index (χ0n) is 13.1. The quantitative estimate of drug-likeness (QED) is 0.808. The van der Waals surface area contributed by atoms with E-state index in [1.165, 1.54) is 6.07 Å². The molecular weight excluding hydrogens is 301 g/mol. The largest absolute Gasteiger partial charge is 0.331 e. The van der Waals surface area contributed by atoms with E-state index in [1.807, 2.05) is 0 Å². The van der Waals surface area contributed by atoms with Gasteiger partial charge in [0, 0.05) is 17.6 Å². The molecule has 2 unspecified atom stereocenters. The topological polar surface area (TPSA) is 92.5 Å². The molecule has 6 nitrogen and oxygen atoms in total. The van der Waals surface area contributed by atoms with Crippen molar-refractivity contribution in [3.63, 3.8) is 0 Å². The molecule has 2 atom stereocenters. The minimum absolute atomic E-state index is 0.149. The zero-order valence-corrected chi connectivity index (χ0v) is 13.1. The van der Waals surface area contributed by atoms with Gasteiger partial charge < -0.3 is 5.73 Å². The number of barbiturate groups is 1. The molecule has 0 radical (unpaired) electrons. The Morgan fingerprint density at radius 3 is 2.52 bits per heavy atom. The summed E-state index contributed by atoms with van der Waals surface area (Å²) in [5.41, 5.74) is 6.30. The molecule has 0 saturated carbocycles. The van der Waals surface area contributed by atoms with E-state index in [-0.39, 0.29) is 18.9 Å². The van der Waals surface area contributed by atoms with Crippen molar-refractivity contribution in [1.29, 1.82) is 0 Å². The molecule has 7 heteroatoms. The number of carbonyl (C=O) groups is 3. The van der Waals surface area contributed by atoms with Crippen LogP contribution in [0.1, 0.15) is 38.3 Å². The first-order chi connectivity index (χ1) is 10.8. The molecule has 2 rings (SSSR count). The van der Waals surface area contributed by atoms with Crippen LogP contribution in [0.5, 0.6) is 0 Å². The molecule has 1 fully saturated rings. The maximum atomic E-state index is 13.7. The number of urea groups is 1. The second kappa shape index (κ2) is 6.87. The van der Waals surface area contributed by atoms with Crippen LogP contribution >= 0.6 is 0 Å². The highest BCUT2D eigenvalue weighted by Crippen LogP contribution is 2.24. The van der Waals surface area contributed by atoms with Gasteiger partial charge in [-0.3, -0.25) is 19.8 Å². The molecule has 1 heterocycles. The van der Waals surface area contributed by atoms with Gasteiger partial charge in [0.05, 0.1) is 0 Å². The number of imide groups is 2. The summed E-state index contributed by atoms with van der Waals surface area (Å²) in [6.07, 6.45) is 0.404. The number of hydrogen-bond acceptors (Lipinski definition) is 4. The van der Waals surface area contributed by atoms with Gasteiger partial charge in [0.2, 0.25) is 11.8 Å². The van der Waals surface area contributed by atoms with Crippen molar-refractivity contribution < 1.29 is 18.8 Å². The van der Waals surface area contributed by atoms with Crippen LogP contribution in [0.25, 0.3) is 0 Å². The van der Waals surface area contributed by atoms with Crippen LogP contribution in [-0.4, -0.2) is 28.8 Å². The summed E-state index contributed by atoms with van der Waals surface area (Å²) in [4.78, 5) is 37.0. The number of halogens is 1. The first-order valence-electron chi connectivity index (χ1n) is 7.50. The SMILES string of the molecule is CC(C)N1C(=O)NC(=O)C(CCC(N)c2ccccc2F)C1=O. The minimum Gasteiger partial charge on any atom is -0.324 e. The molecule has 0 bridgehead atoms. The Morgan fingerprint density at radius 1 is 1.26 bits per heavy atom. The second-order valence-corrected chi connectivity index (χ2v) is 5.85. The Balaban J connectivity index is 2.07. The fraction of sp³-hybridized carbons (Fsp3) is 0.438. The van der Waals surface area contributed by atoms with Gasteiger partial charge in [-0.05, 0) is 32.8 Å². The van der Waals surface area contributed by atoms with Gasteiger partial charge in [-0.2, -0.15) is 0 Å². The fourth-order valence-electron chi connectivity index (χ4n) is 2.65. The van der Waals surface area contributed by atoms with Gasteiger partial charge >= 0.3 is 6.03 Å². The van der Waals surface area contributed by atoms with Crippen LogP contribution in [0.2, 0.25) is 0 Å². The number of amides is 4. The number of carbonyl (C=O) groups excluding carboxylic acids is 3. The lowest BCUT2D eigenvalue weighted by molar-refractivity contribution is -0.144. The van der Waals surface area contributed by atoms with Crippen molar-refractivity contribution in [1.82, 2.24) is 10.2 Å². The summed E-state index contributed by atoms with van der Waals surface area (Å²) in [7, 11) is 0. The monoisotopic (exact) mass is 321 g/mol. The van der Waals surface area contributed by atoms with Crippen molar-refractivity contribution in [3.8, 4) is 0 Å². The summed E-state index contributed by atoms with van der Waals surface area (Å²) in [5.74, 6) is -2.56. The summed E-state index contributed by atoms with van der Waals surface area (Å²) in [5, 5.41) is 2.18. The molecule has 0 aromatic heterocycles. The van der Waals surface area contributed by atoms with E-state index in [4.69, 9.17) is 5.73 Å². The number of hydrogen-bond donors (Lipinski definition) is 2. The lowest BCUT2D eigenvalue weighted by atomic mass is 9.93. The van der Waals surface area contributed by atoms with Gasteiger partial charge in [0.25, 0.3) is 0 Å². The number of nitrogens with one attached hydrogen (secondary N) is 1. The molecule has 0 aliphatic carbocycles. The summed E-state index contributed by atoms with van der Waals surface area (Å²) < 4.78 is 13.7. The van der Waals surface area contributed by atoms with E-state index in [2.05, 4.69) is 5.32 Å². The summed E-state index contributed by atoms with van der Waals surface area (Å²) in [6, 6.07) is 4.45. The normalized spacial score (nSPS) is 20.0. The Kier molecular flexibility index (Phi) is 5.10. The van der Waals surface area contributed by atoms with Crippen LogP contribution in [0.3, 0.4) is 0 Å². The van der Waals surface area contributed by atoms with E-state index in [0.29, 0.717) is 5.56 Å². The lowest BCUT2D eigenvalue weighted by Gasteiger charge is -2.33. The molecule has 1 aliphatic rings. The molecule has 1 saturated heterocycles. The van der Waals surface area contributed by atoms with Gasteiger partial charge in [0.1, 0.15) is 11.7 Å². The average molecular weight is 321 g/mol. The van der Waals surface area contributed by atoms with Crippen molar-refractivity contribution >= 4 is 17.8 Å². The number of nitrogens with zero attached hydrogens (tertiary/aromatic N) is 1. The van der Waals surface area contributed by atoms with Gasteiger partial charge in [-0.15, -0.1) is 0 Å². The summed E-state index contributed by atoms with van der Waals surface area (Å²) >= 11 is 0. The molecular formula is C16H20FN3O3. The van der Waals surface area contributed by atoms with Gasteiger partial charge in [-0.1, -0.05) is 18.2 Å². The van der Waals surface area contributed by atoms with Crippen molar-refractivity contribution in [2.45, 2.75) is 38.8 Å². The number of rotatable bonds is 5. The van der Waals surface area contributed by atoms with Crippen LogP contribution in [-0.2, 0) is 9.59 Å². The summed E-state index contributed by atoms with van der Waals surface area (Å²) in [6.45, 7) is 3.38. The van der Waals surface area contributed by atoms with Gasteiger partial charge in [-0.25, -0.2) is 9.18 Å². The highest BCUT2D eigenvalue weighted by atomic mass is 19.1. The molecule has 4 amide bonds. The third-order valence-electron chi connectivity index (χ3n) is 3.89. The molecule has 3 N–H and O–H groups in total. The average Bonchev–Trinajstić information content (AvgIpc) is 2.46. The van der Waals surface area contributed by atoms with E-state index in [0.717, 1.165) is 4.90 Å². The first-order valence-corrected chi connectivity index (χ1v) is 7.50. The van der Waals surface area contributed by atoms with Crippen LogP contribution in [0.4, 0.5) is 9.18 Å². The highest BCUT2D eigenvalue weighted by Gasteiger charge is 2.41. The lowest BCUT2D eigenvalue weighted by Crippen LogP contribution is -2.59. The Morgan fingerprint density at radius 2 is 1.91 bits per heavy atom. The van der Waals surface area contributed by atoms with E-state index in [1.54, 1.807) is 32.0 Å². The molecule has 0 spiro atoms. The molecule has 1 aromatic carbocycles. The molecule has 124 valence electrons. The minimum atomic E-state index is -0.979. The third kappa shape index (κ3) is 3.56. The van der Waals surface area contributed by atoms with E-state index < -0.39 is 35.6 Å². The first kappa shape index (κ1) is 17.1. The highest BCUT2D eigenvalue weighted by molar-refractivity contribution is 6.16. The Bertz CT molecular complexity index is 633. The molecule has 1 aliphatic heterocycles. The van der Waals surface area contributed by atoms with E-state index in [9.17, 15) is 18.8 Å². The smallest absolute Gasteiger partial charge is 0.324 e. The zero-order chi connectivity index (χ0) is 17.1. The van der Waals surface area contributed by atoms with Crippen molar-refractivity contribution in [3.05, 3.63) is 35.6 Å². The molecule has 1 aromatic rings. The fourth-order valence-corrected chi connectivity index (χ4v) is 2.65. The predicted molar refractivity (Wildman–Crippen MR) is 81.6 cm³/mol. The van der Waals surface area contributed by atoms with Crippen LogP contribution in [0, 0.1) is 11.7 Å². The number of benzene rings is 1. The third-order valence-corrected chi connectivity index (χ3v) is 3.89. The number of nitrogens with two attached hydrogens (primary N) is 1. The van der Waals surface area contributed by atoms with Crippen molar-refractivity contribution in [2.24, 2.45) is 11.7 Å². The van der Waals surface area contributed by atoms with Crippen molar-refractivity contribution in [2.75, 3.05) is 0 Å². The van der Waals surface area contributed by atoms with Gasteiger partial charge in [0.15, 0.2) is 0 Å².